The number of ether oxygens (including phenoxy) is 2. The summed E-state index contributed by atoms with van der Waals surface area (Å²) in [6.07, 6.45) is 2.77. The number of unbranched alkanes of at least 4 members (excludes halogenated alkanes) is 24. The van der Waals surface area contributed by atoms with E-state index < -0.39 is 104 Å². The molecule has 0 radical (unpaired) electrons. The zero-order valence-corrected chi connectivity index (χ0v) is 42.7. The molecule has 1 aliphatic rings. The standard InChI is InChI=1S/C41H81O19P3.3H3N/c1-3-5-7-9-11-13-15-17-19-21-23-25-27-29-34(42)55-31-33(57-35(43)30-28-26-24-22-20-18-16-14-12-10-8-6-4-2)32-56-63(53,54)60-41-37(45)39(58-61(47,48)49)36(44)40(38(41)46)59-62(50,51)52;;;/h33,36-41,44-46H,3-32H2,1-2H3,(H,53,54)(H2,47,48,49)(H2,50,51,52);3*1H3/t33?,36?,37?,38?,39-,40?,41?;;;/m1.../s1/i31D2,32D2,33D;;;. The van der Waals surface area contributed by atoms with Crippen LogP contribution in [0, 0.1) is 0 Å². The summed E-state index contributed by atoms with van der Waals surface area (Å²) in [6.45, 7) is -4.13. The second-order valence-electron chi connectivity index (χ2n) is 16.1. The van der Waals surface area contributed by atoms with Crippen molar-refractivity contribution in [1.82, 2.24) is 18.5 Å². The van der Waals surface area contributed by atoms with Crippen LogP contribution in [0.25, 0.3) is 0 Å². The van der Waals surface area contributed by atoms with Gasteiger partial charge in [0.05, 0.1) is 13.4 Å². The van der Waals surface area contributed by atoms with Gasteiger partial charge in [-0.05, 0) is 12.8 Å². The van der Waals surface area contributed by atoms with Gasteiger partial charge in [0.25, 0.3) is 23.5 Å². The molecule has 0 amide bonds. The summed E-state index contributed by atoms with van der Waals surface area (Å²) >= 11 is 0. The van der Waals surface area contributed by atoms with E-state index in [1.807, 2.05) is 0 Å². The molecule has 17 N–H and O–H groups in total. The van der Waals surface area contributed by atoms with Gasteiger partial charge < -0.3 is 85.8 Å². The Morgan fingerprint density at radius 2 is 0.803 bits per heavy atom. The zero-order valence-electron chi connectivity index (χ0n) is 45.1. The molecule has 0 aliphatic heterocycles. The van der Waals surface area contributed by atoms with Crippen molar-refractivity contribution < 1.29 is 97.5 Å². The third kappa shape index (κ3) is 35.2. The third-order valence-electron chi connectivity index (χ3n) is 10.5. The molecular weight excluding hydrogens is 931 g/mol. The van der Waals surface area contributed by atoms with Crippen molar-refractivity contribution >= 4 is 35.4 Å². The molecule has 0 aromatic carbocycles. The van der Waals surface area contributed by atoms with E-state index >= 15 is 0 Å². The van der Waals surface area contributed by atoms with Gasteiger partial charge in [0.15, 0.2) is 6.08 Å². The van der Waals surface area contributed by atoms with Crippen molar-refractivity contribution in [3.05, 3.63) is 0 Å². The van der Waals surface area contributed by atoms with Crippen molar-refractivity contribution in [3.63, 3.8) is 0 Å². The number of esters is 2. The molecule has 66 heavy (non-hydrogen) atoms. The Bertz CT molecular complexity index is 1560. The molecule has 1 aliphatic carbocycles. The van der Waals surface area contributed by atoms with Crippen molar-refractivity contribution in [1.29, 1.82) is 0 Å². The average molecular weight is 1030 g/mol. The van der Waals surface area contributed by atoms with E-state index in [0.29, 0.717) is 19.3 Å². The molecule has 1 fully saturated rings. The molecule has 0 spiro atoms. The fraction of sp³-hybridized carbons (Fsp3) is 0.951. The molecule has 398 valence electrons. The number of carbonyl (C=O) groups excluding carboxylic acids is 2. The fourth-order valence-electron chi connectivity index (χ4n) is 7.07. The molecule has 0 bridgehead atoms. The Hall–Kier alpha value is -0.970. The van der Waals surface area contributed by atoms with E-state index in [0.717, 1.165) is 70.6 Å². The van der Waals surface area contributed by atoms with Gasteiger partial charge in [0, 0.05) is 12.8 Å². The predicted octanol–water partition coefficient (Wildman–Crippen LogP) is 7.19. The molecule has 0 saturated heterocycles. The number of hydrogen-bond donors (Lipinski definition) is 8. The van der Waals surface area contributed by atoms with Crippen LogP contribution in [0.1, 0.15) is 200 Å². The van der Waals surface area contributed by atoms with Gasteiger partial charge in [-0.25, -0.2) is 0 Å². The van der Waals surface area contributed by atoms with Crippen molar-refractivity contribution in [2.45, 2.75) is 236 Å². The van der Waals surface area contributed by atoms with Crippen LogP contribution in [0.5, 0.6) is 0 Å². The highest BCUT2D eigenvalue weighted by molar-refractivity contribution is 7.46. The second kappa shape index (κ2) is 39.7. The highest BCUT2D eigenvalue weighted by Crippen LogP contribution is 2.47. The van der Waals surface area contributed by atoms with Gasteiger partial charge in [-0.3, -0.25) is 23.3 Å². The van der Waals surface area contributed by atoms with Gasteiger partial charge in [-0.2, -0.15) is 0 Å². The van der Waals surface area contributed by atoms with Gasteiger partial charge in [-0.1, -0.05) is 168 Å². The number of rotatable bonds is 40. The molecule has 25 heteroatoms. The van der Waals surface area contributed by atoms with E-state index in [1.54, 1.807) is 0 Å². The Balaban J connectivity index is -0.0000154. The molecule has 0 heterocycles. The lowest BCUT2D eigenvalue weighted by atomic mass is 9.85. The maximum atomic E-state index is 13.3. The van der Waals surface area contributed by atoms with Crippen molar-refractivity contribution in [2.24, 2.45) is 0 Å². The summed E-state index contributed by atoms with van der Waals surface area (Å²) in [6, 6.07) is 0. The smallest absolute Gasteiger partial charge is 0.306 e. The topological polar surface area (TPSA) is 421 Å². The molecule has 22 nitrogen and oxygen atoms in total. The number of hydrogen-bond acceptors (Lipinski definition) is 17. The minimum Gasteiger partial charge on any atom is -0.756 e. The van der Waals surface area contributed by atoms with Gasteiger partial charge in [0.1, 0.15) is 43.2 Å². The lowest BCUT2D eigenvalue weighted by molar-refractivity contribution is -0.278. The first kappa shape index (κ1) is 59.3. The maximum Gasteiger partial charge on any atom is 0.306 e. The van der Waals surface area contributed by atoms with Gasteiger partial charge in [0.2, 0.25) is 0 Å². The van der Waals surface area contributed by atoms with Gasteiger partial charge >= 0.3 is 11.9 Å². The van der Waals surface area contributed by atoms with E-state index in [2.05, 4.69) is 31.9 Å². The summed E-state index contributed by atoms with van der Waals surface area (Å²) in [7, 11) is -18.6. The summed E-state index contributed by atoms with van der Waals surface area (Å²) in [5, 5.41) is 31.8. The summed E-state index contributed by atoms with van der Waals surface area (Å²) in [4.78, 5) is 80.7. The summed E-state index contributed by atoms with van der Waals surface area (Å²) < 4.78 is 106. The second-order valence-corrected chi connectivity index (χ2v) is 19.7. The normalized spacial score (nSPS) is 24.6. The Morgan fingerprint density at radius 1 is 0.515 bits per heavy atom. The van der Waals surface area contributed by atoms with Crippen molar-refractivity contribution in [2.75, 3.05) is 13.1 Å². The number of phosphoric acid groups is 3. The first-order chi connectivity index (χ1) is 31.6. The molecular formula is C41H90N3O19P3. The van der Waals surface area contributed by atoms with E-state index in [9.17, 15) is 63.1 Å². The Morgan fingerprint density at radius 3 is 1.12 bits per heavy atom. The molecule has 9 unspecified atom stereocenters. The SMILES string of the molecule is [2H]C([2H])(OC(=O)CCCCCCCCCCCCCCC)C([2H])(OC(=O)CCCCCCCCCCCCCCC)C([2H])([2H])OP(=O)([O-])OC1C(O)C(OP(=O)([O-])O)C(O)[C@@H](OP(=O)([O-])O)C1O.[NH4+].[NH4+].[NH4+]. The van der Waals surface area contributed by atoms with Crippen LogP contribution in [-0.2, 0) is 50.9 Å². The number of quaternary nitrogens is 3. The summed E-state index contributed by atoms with van der Waals surface area (Å²) in [5.41, 5.74) is 0. The first-order valence-corrected chi connectivity index (χ1v) is 27.2. The van der Waals surface area contributed by atoms with Crippen LogP contribution in [0.4, 0.5) is 0 Å². The van der Waals surface area contributed by atoms with Crippen LogP contribution in [0.3, 0.4) is 0 Å². The lowest BCUT2D eigenvalue weighted by Gasteiger charge is -2.47. The maximum absolute atomic E-state index is 13.3. The quantitative estimate of drug-likeness (QED) is 0.0171. The van der Waals surface area contributed by atoms with E-state index in [1.165, 1.54) is 64.2 Å². The Labute approximate surface area is 400 Å². The number of phosphoric ester groups is 3. The largest absolute Gasteiger partial charge is 0.756 e. The zero-order chi connectivity index (χ0) is 51.7. The van der Waals surface area contributed by atoms with E-state index in [-0.39, 0.29) is 31.3 Å². The number of carbonyl (C=O) groups is 2. The minimum absolute atomic E-state index is 0. The van der Waals surface area contributed by atoms with Crippen molar-refractivity contribution in [3.8, 4) is 0 Å². The molecule has 1 saturated carbocycles. The van der Waals surface area contributed by atoms with Crippen LogP contribution in [0.2, 0.25) is 0 Å². The fourth-order valence-corrected chi connectivity index (χ4v) is 8.97. The minimum atomic E-state index is -6.65. The molecule has 0 aromatic rings. The monoisotopic (exact) mass is 1030 g/mol. The first-order valence-electron chi connectivity index (χ1n) is 25.3. The molecule has 1 rings (SSSR count). The van der Waals surface area contributed by atoms with Crippen LogP contribution in [-0.4, -0.2) is 92.9 Å². The van der Waals surface area contributed by atoms with Crippen LogP contribution >= 0.6 is 23.5 Å². The van der Waals surface area contributed by atoms with Gasteiger partial charge in [-0.15, -0.1) is 0 Å². The van der Waals surface area contributed by atoms with Crippen LogP contribution < -0.4 is 33.1 Å². The van der Waals surface area contributed by atoms with Crippen LogP contribution in [0.15, 0.2) is 0 Å². The number of aliphatic hydroxyl groups excluding tert-OH is 3. The predicted molar refractivity (Wildman–Crippen MR) is 245 cm³/mol. The highest BCUT2D eigenvalue weighted by Gasteiger charge is 2.54. The summed E-state index contributed by atoms with van der Waals surface area (Å²) in [5.74, 6) is -2.75. The average Bonchev–Trinajstić information content (AvgIpc) is 3.21. The molecule has 0 aromatic heterocycles. The van der Waals surface area contributed by atoms with E-state index in [4.69, 9.17) is 16.3 Å². The number of aliphatic hydroxyl groups is 3. The lowest BCUT2D eigenvalue weighted by Crippen LogP contribution is -2.65. The molecule has 10 atom stereocenters. The Kier molecular flexibility index (Phi) is 35.7. The highest BCUT2D eigenvalue weighted by atomic mass is 31.2. The third-order valence-corrected chi connectivity index (χ3v) is 12.3.